The zero-order valence-corrected chi connectivity index (χ0v) is 14.5. The van der Waals surface area contributed by atoms with Crippen LogP contribution in [0.25, 0.3) is 0 Å². The van der Waals surface area contributed by atoms with Gasteiger partial charge >= 0.3 is 5.97 Å². The second-order valence-corrected chi connectivity index (χ2v) is 6.73. The largest absolute Gasteiger partial charge is 0.493 e. The van der Waals surface area contributed by atoms with Gasteiger partial charge in [-0.05, 0) is 42.5 Å². The van der Waals surface area contributed by atoms with Crippen molar-refractivity contribution < 1.29 is 19.4 Å². The molecule has 1 aliphatic rings. The summed E-state index contributed by atoms with van der Waals surface area (Å²) in [6.07, 6.45) is 4.00. The van der Waals surface area contributed by atoms with Gasteiger partial charge < -0.3 is 14.6 Å². The third-order valence-corrected chi connectivity index (χ3v) is 5.02. The number of benzene rings is 2. The second kappa shape index (κ2) is 7.60. The number of methoxy groups -OCH3 is 1. The molecular weight excluding hydrogens is 316 g/mol. The maximum absolute atomic E-state index is 11.8. The van der Waals surface area contributed by atoms with Crippen LogP contribution >= 0.6 is 0 Å². The molecule has 0 saturated heterocycles. The van der Waals surface area contributed by atoms with Crippen molar-refractivity contribution in [2.24, 2.45) is 5.41 Å². The van der Waals surface area contributed by atoms with E-state index in [1.54, 1.807) is 7.11 Å². The Hall–Kier alpha value is -2.49. The Morgan fingerprint density at radius 3 is 2.40 bits per heavy atom. The van der Waals surface area contributed by atoms with Gasteiger partial charge in [-0.2, -0.15) is 0 Å². The van der Waals surface area contributed by atoms with Gasteiger partial charge in [-0.1, -0.05) is 49.2 Å². The SMILES string of the molecule is COc1ccc(CC2(C(=O)O)CCCC2)cc1OCc1ccccc1. The van der Waals surface area contributed by atoms with E-state index < -0.39 is 11.4 Å². The number of hydrogen-bond acceptors (Lipinski definition) is 3. The molecule has 3 rings (SSSR count). The zero-order valence-electron chi connectivity index (χ0n) is 14.5. The molecule has 0 heterocycles. The molecule has 0 aromatic heterocycles. The van der Waals surface area contributed by atoms with E-state index in [2.05, 4.69) is 0 Å². The Kier molecular flexibility index (Phi) is 5.27. The lowest BCUT2D eigenvalue weighted by molar-refractivity contribution is -0.148. The summed E-state index contributed by atoms with van der Waals surface area (Å²) in [5.41, 5.74) is 1.42. The van der Waals surface area contributed by atoms with Crippen molar-refractivity contribution in [1.82, 2.24) is 0 Å². The molecule has 0 amide bonds. The van der Waals surface area contributed by atoms with Crippen molar-refractivity contribution in [3.63, 3.8) is 0 Å². The lowest BCUT2D eigenvalue weighted by atomic mass is 9.80. The van der Waals surface area contributed by atoms with Crippen LogP contribution in [0.3, 0.4) is 0 Å². The average molecular weight is 340 g/mol. The van der Waals surface area contributed by atoms with Crippen LogP contribution in [0.4, 0.5) is 0 Å². The molecule has 4 heteroatoms. The van der Waals surface area contributed by atoms with Gasteiger partial charge in [0.15, 0.2) is 11.5 Å². The molecule has 1 N–H and O–H groups in total. The number of carbonyl (C=O) groups is 1. The van der Waals surface area contributed by atoms with Crippen molar-refractivity contribution in [2.45, 2.75) is 38.7 Å². The van der Waals surface area contributed by atoms with E-state index in [0.29, 0.717) is 24.5 Å². The quantitative estimate of drug-likeness (QED) is 0.808. The minimum atomic E-state index is -0.687. The first-order chi connectivity index (χ1) is 12.1. The summed E-state index contributed by atoms with van der Waals surface area (Å²) < 4.78 is 11.3. The van der Waals surface area contributed by atoms with Gasteiger partial charge in [0.25, 0.3) is 0 Å². The summed E-state index contributed by atoms with van der Waals surface area (Å²) in [6, 6.07) is 15.7. The fourth-order valence-electron chi connectivity index (χ4n) is 3.59. The summed E-state index contributed by atoms with van der Waals surface area (Å²) in [5.74, 6) is 0.630. The Labute approximate surface area is 148 Å². The molecule has 0 atom stereocenters. The second-order valence-electron chi connectivity index (χ2n) is 6.73. The Bertz CT molecular complexity index is 718. The summed E-state index contributed by atoms with van der Waals surface area (Å²) >= 11 is 0. The molecule has 0 aliphatic heterocycles. The number of carboxylic acids is 1. The smallest absolute Gasteiger partial charge is 0.309 e. The summed E-state index contributed by atoms with van der Waals surface area (Å²) in [7, 11) is 1.61. The molecule has 1 fully saturated rings. The molecule has 2 aromatic carbocycles. The molecular formula is C21H24O4. The van der Waals surface area contributed by atoms with E-state index in [0.717, 1.165) is 36.8 Å². The molecule has 2 aromatic rings. The van der Waals surface area contributed by atoms with Gasteiger partial charge in [-0.25, -0.2) is 0 Å². The Morgan fingerprint density at radius 1 is 1.04 bits per heavy atom. The van der Waals surface area contributed by atoms with Crippen LogP contribution in [0.1, 0.15) is 36.8 Å². The maximum Gasteiger partial charge on any atom is 0.309 e. The highest BCUT2D eigenvalue weighted by Gasteiger charge is 2.41. The van der Waals surface area contributed by atoms with Gasteiger partial charge in [0.2, 0.25) is 0 Å². The Balaban J connectivity index is 1.78. The lowest BCUT2D eigenvalue weighted by Crippen LogP contribution is -2.30. The number of carboxylic acid groups (broad SMARTS) is 1. The monoisotopic (exact) mass is 340 g/mol. The fraction of sp³-hybridized carbons (Fsp3) is 0.381. The van der Waals surface area contributed by atoms with Gasteiger partial charge in [-0.15, -0.1) is 0 Å². The van der Waals surface area contributed by atoms with Gasteiger partial charge in [0.1, 0.15) is 6.61 Å². The highest BCUT2D eigenvalue weighted by atomic mass is 16.5. The fourth-order valence-corrected chi connectivity index (χ4v) is 3.59. The molecule has 0 unspecified atom stereocenters. The van der Waals surface area contributed by atoms with Crippen LogP contribution in [0.5, 0.6) is 11.5 Å². The van der Waals surface area contributed by atoms with Crippen molar-refractivity contribution in [3.05, 3.63) is 59.7 Å². The summed E-state index contributed by atoms with van der Waals surface area (Å²) in [4.78, 5) is 11.8. The van der Waals surface area contributed by atoms with E-state index in [4.69, 9.17) is 9.47 Å². The first kappa shape index (κ1) is 17.3. The maximum atomic E-state index is 11.8. The first-order valence-corrected chi connectivity index (χ1v) is 8.70. The van der Waals surface area contributed by atoms with E-state index >= 15 is 0 Å². The van der Waals surface area contributed by atoms with Crippen molar-refractivity contribution in [3.8, 4) is 11.5 Å². The molecule has 132 valence electrons. The normalized spacial score (nSPS) is 15.7. The van der Waals surface area contributed by atoms with E-state index in [-0.39, 0.29) is 0 Å². The Morgan fingerprint density at radius 2 is 1.76 bits per heavy atom. The van der Waals surface area contributed by atoms with Crippen LogP contribution in [0.2, 0.25) is 0 Å². The van der Waals surface area contributed by atoms with E-state index in [1.165, 1.54) is 0 Å². The van der Waals surface area contributed by atoms with Crippen LogP contribution in [-0.4, -0.2) is 18.2 Å². The number of aliphatic carboxylic acids is 1. The van der Waals surface area contributed by atoms with Crippen molar-refractivity contribution in [2.75, 3.05) is 7.11 Å². The molecule has 1 aliphatic carbocycles. The van der Waals surface area contributed by atoms with Crippen LogP contribution in [0.15, 0.2) is 48.5 Å². The lowest BCUT2D eigenvalue weighted by Gasteiger charge is -2.24. The predicted octanol–water partition coefficient (Wildman–Crippen LogP) is 4.46. The van der Waals surface area contributed by atoms with Crippen LogP contribution in [-0.2, 0) is 17.8 Å². The summed E-state index contributed by atoms with van der Waals surface area (Å²) in [5, 5.41) is 9.69. The standard InChI is InChI=1S/C21H24O4/c1-24-18-10-9-17(14-21(20(22)23)11-5-6-12-21)13-19(18)25-15-16-7-3-2-4-8-16/h2-4,7-10,13H,5-6,11-12,14-15H2,1H3,(H,22,23). The van der Waals surface area contributed by atoms with Gasteiger partial charge in [0, 0.05) is 0 Å². The zero-order chi connectivity index (χ0) is 17.7. The molecule has 4 nitrogen and oxygen atoms in total. The number of ether oxygens (including phenoxy) is 2. The molecule has 0 bridgehead atoms. The van der Waals surface area contributed by atoms with Gasteiger partial charge in [-0.3, -0.25) is 4.79 Å². The third-order valence-electron chi connectivity index (χ3n) is 5.02. The topological polar surface area (TPSA) is 55.8 Å². The minimum absolute atomic E-state index is 0.449. The highest BCUT2D eigenvalue weighted by molar-refractivity contribution is 5.75. The number of hydrogen-bond donors (Lipinski definition) is 1. The molecule has 0 spiro atoms. The van der Waals surface area contributed by atoms with Gasteiger partial charge in [0.05, 0.1) is 12.5 Å². The average Bonchev–Trinajstić information content (AvgIpc) is 3.11. The van der Waals surface area contributed by atoms with Crippen molar-refractivity contribution >= 4 is 5.97 Å². The minimum Gasteiger partial charge on any atom is -0.493 e. The third kappa shape index (κ3) is 3.95. The number of rotatable bonds is 7. The predicted molar refractivity (Wildman–Crippen MR) is 96.0 cm³/mol. The van der Waals surface area contributed by atoms with Crippen molar-refractivity contribution in [1.29, 1.82) is 0 Å². The van der Waals surface area contributed by atoms with E-state index in [1.807, 2.05) is 48.5 Å². The van der Waals surface area contributed by atoms with Crippen LogP contribution < -0.4 is 9.47 Å². The van der Waals surface area contributed by atoms with Crippen LogP contribution in [0, 0.1) is 5.41 Å². The first-order valence-electron chi connectivity index (χ1n) is 8.70. The van der Waals surface area contributed by atoms with E-state index in [9.17, 15) is 9.90 Å². The molecule has 0 radical (unpaired) electrons. The highest BCUT2D eigenvalue weighted by Crippen LogP contribution is 2.42. The molecule has 25 heavy (non-hydrogen) atoms. The molecule has 1 saturated carbocycles. The summed E-state index contributed by atoms with van der Waals surface area (Å²) in [6.45, 7) is 0.449.